The maximum absolute atomic E-state index is 5.88. The van der Waals surface area contributed by atoms with Gasteiger partial charge in [-0.25, -0.2) is 4.98 Å². The summed E-state index contributed by atoms with van der Waals surface area (Å²) in [6.07, 6.45) is 4.11. The molecular weight excluding hydrogens is 190 g/mol. The van der Waals surface area contributed by atoms with E-state index in [1.54, 1.807) is 18.3 Å². The van der Waals surface area contributed by atoms with E-state index >= 15 is 0 Å². The molecule has 82 valence electrons. The van der Waals surface area contributed by atoms with Crippen LogP contribution in [0.1, 0.15) is 19.8 Å². The zero-order chi connectivity index (χ0) is 10.8. The molecule has 1 saturated carbocycles. The van der Waals surface area contributed by atoms with Crippen molar-refractivity contribution < 1.29 is 4.74 Å². The lowest BCUT2D eigenvalue weighted by Gasteiger charge is -2.22. The van der Waals surface area contributed by atoms with Crippen molar-refractivity contribution in [3.8, 4) is 5.88 Å². The molecule has 0 aromatic carbocycles. The van der Waals surface area contributed by atoms with Crippen molar-refractivity contribution >= 4 is 5.69 Å². The van der Waals surface area contributed by atoms with Crippen molar-refractivity contribution in [2.45, 2.75) is 31.9 Å². The highest BCUT2D eigenvalue weighted by Gasteiger charge is 2.35. The first-order valence-electron chi connectivity index (χ1n) is 5.31. The van der Waals surface area contributed by atoms with Crippen molar-refractivity contribution in [1.82, 2.24) is 4.98 Å². The third-order valence-corrected chi connectivity index (χ3v) is 2.65. The van der Waals surface area contributed by atoms with Gasteiger partial charge in [-0.1, -0.05) is 0 Å². The first kappa shape index (κ1) is 10.2. The van der Waals surface area contributed by atoms with Crippen LogP contribution in [-0.2, 0) is 0 Å². The second-order valence-corrected chi connectivity index (χ2v) is 4.18. The molecule has 4 nitrogen and oxygen atoms in total. The Bertz CT molecular complexity index is 334. The van der Waals surface area contributed by atoms with Gasteiger partial charge >= 0.3 is 0 Å². The van der Waals surface area contributed by atoms with Gasteiger partial charge in [-0.05, 0) is 37.8 Å². The maximum Gasteiger partial charge on any atom is 0.237 e. The standard InChI is InChI=1S/C11H17N3O/c1-7(12)10(8-4-5-8)15-11-9(13)3-2-6-14-11/h2-3,6-8,10H,4-5,12-13H2,1H3. The molecule has 0 spiro atoms. The molecular formula is C11H17N3O. The molecule has 1 aromatic rings. The van der Waals surface area contributed by atoms with E-state index in [0.29, 0.717) is 17.5 Å². The van der Waals surface area contributed by atoms with E-state index in [0.717, 1.165) is 0 Å². The van der Waals surface area contributed by atoms with Crippen molar-refractivity contribution in [2.75, 3.05) is 5.73 Å². The highest BCUT2D eigenvalue weighted by Crippen LogP contribution is 2.36. The van der Waals surface area contributed by atoms with Gasteiger partial charge in [0.15, 0.2) is 0 Å². The van der Waals surface area contributed by atoms with E-state index in [4.69, 9.17) is 16.2 Å². The zero-order valence-electron chi connectivity index (χ0n) is 8.89. The Morgan fingerprint density at radius 1 is 1.53 bits per heavy atom. The fourth-order valence-electron chi connectivity index (χ4n) is 1.69. The minimum atomic E-state index is 0.0129. The summed E-state index contributed by atoms with van der Waals surface area (Å²) < 4.78 is 5.77. The first-order valence-corrected chi connectivity index (χ1v) is 5.31. The van der Waals surface area contributed by atoms with Gasteiger partial charge in [0, 0.05) is 12.2 Å². The molecule has 1 aromatic heterocycles. The number of rotatable bonds is 4. The summed E-state index contributed by atoms with van der Waals surface area (Å²) in [5, 5.41) is 0. The third-order valence-electron chi connectivity index (χ3n) is 2.65. The number of anilines is 1. The Morgan fingerprint density at radius 3 is 2.80 bits per heavy atom. The van der Waals surface area contributed by atoms with Crippen molar-refractivity contribution in [2.24, 2.45) is 11.7 Å². The van der Waals surface area contributed by atoms with Crippen LogP contribution in [0, 0.1) is 5.92 Å². The Morgan fingerprint density at radius 2 is 2.27 bits per heavy atom. The summed E-state index contributed by atoms with van der Waals surface area (Å²) in [6.45, 7) is 1.96. The average Bonchev–Trinajstić information content (AvgIpc) is 2.99. The average molecular weight is 207 g/mol. The van der Waals surface area contributed by atoms with Crippen LogP contribution < -0.4 is 16.2 Å². The Labute approximate surface area is 89.6 Å². The molecule has 1 fully saturated rings. The minimum absolute atomic E-state index is 0.0129. The summed E-state index contributed by atoms with van der Waals surface area (Å²) in [5.74, 6) is 1.08. The lowest BCUT2D eigenvalue weighted by atomic mass is 10.1. The number of pyridine rings is 1. The summed E-state index contributed by atoms with van der Waals surface area (Å²) in [7, 11) is 0. The Kier molecular flexibility index (Phi) is 2.77. The highest BCUT2D eigenvalue weighted by molar-refractivity contribution is 5.47. The second-order valence-electron chi connectivity index (χ2n) is 4.18. The largest absolute Gasteiger partial charge is 0.471 e. The monoisotopic (exact) mass is 207 g/mol. The van der Waals surface area contributed by atoms with E-state index in [2.05, 4.69) is 4.98 Å². The number of hydrogen-bond acceptors (Lipinski definition) is 4. The fraction of sp³-hybridized carbons (Fsp3) is 0.545. The molecule has 15 heavy (non-hydrogen) atoms. The summed E-state index contributed by atoms with van der Waals surface area (Å²) in [5.41, 5.74) is 12.2. The Hall–Kier alpha value is -1.29. The van der Waals surface area contributed by atoms with Gasteiger partial charge in [0.25, 0.3) is 0 Å². The van der Waals surface area contributed by atoms with Crippen LogP contribution in [-0.4, -0.2) is 17.1 Å². The fourth-order valence-corrected chi connectivity index (χ4v) is 1.69. The minimum Gasteiger partial charge on any atom is -0.471 e. The number of hydrogen-bond donors (Lipinski definition) is 2. The predicted molar refractivity (Wildman–Crippen MR) is 59.4 cm³/mol. The van der Waals surface area contributed by atoms with Crippen LogP contribution in [0.2, 0.25) is 0 Å². The number of nitrogens with zero attached hydrogens (tertiary/aromatic N) is 1. The molecule has 1 aliphatic carbocycles. The summed E-state index contributed by atoms with van der Waals surface area (Å²) in [4.78, 5) is 4.11. The molecule has 0 bridgehead atoms. The smallest absolute Gasteiger partial charge is 0.237 e. The molecule has 2 rings (SSSR count). The van der Waals surface area contributed by atoms with E-state index in [9.17, 15) is 0 Å². The van der Waals surface area contributed by atoms with Gasteiger partial charge < -0.3 is 16.2 Å². The van der Waals surface area contributed by atoms with Gasteiger partial charge in [-0.2, -0.15) is 0 Å². The van der Waals surface area contributed by atoms with E-state index < -0.39 is 0 Å². The van der Waals surface area contributed by atoms with Crippen molar-refractivity contribution in [3.05, 3.63) is 18.3 Å². The van der Waals surface area contributed by atoms with Gasteiger partial charge in [0.2, 0.25) is 5.88 Å². The highest BCUT2D eigenvalue weighted by atomic mass is 16.5. The number of ether oxygens (including phenoxy) is 1. The normalized spacial score (nSPS) is 19.6. The molecule has 0 radical (unpaired) electrons. The van der Waals surface area contributed by atoms with Crippen LogP contribution in [0.15, 0.2) is 18.3 Å². The molecule has 4 heteroatoms. The molecule has 0 amide bonds. The molecule has 1 heterocycles. The lowest BCUT2D eigenvalue weighted by Crippen LogP contribution is -2.38. The van der Waals surface area contributed by atoms with Crippen molar-refractivity contribution in [3.63, 3.8) is 0 Å². The van der Waals surface area contributed by atoms with Gasteiger partial charge in [0.1, 0.15) is 6.10 Å². The number of nitrogen functional groups attached to an aromatic ring is 1. The van der Waals surface area contributed by atoms with E-state index in [-0.39, 0.29) is 12.1 Å². The lowest BCUT2D eigenvalue weighted by molar-refractivity contribution is 0.149. The van der Waals surface area contributed by atoms with Crippen LogP contribution in [0.25, 0.3) is 0 Å². The summed E-state index contributed by atoms with van der Waals surface area (Å²) in [6, 6.07) is 3.59. The van der Waals surface area contributed by atoms with Gasteiger partial charge in [-0.3, -0.25) is 0 Å². The molecule has 2 atom stereocenters. The maximum atomic E-state index is 5.88. The van der Waals surface area contributed by atoms with Crippen LogP contribution >= 0.6 is 0 Å². The molecule has 0 saturated heterocycles. The molecule has 2 unspecified atom stereocenters. The van der Waals surface area contributed by atoms with E-state index in [1.165, 1.54) is 12.8 Å². The van der Waals surface area contributed by atoms with Crippen LogP contribution in [0.4, 0.5) is 5.69 Å². The van der Waals surface area contributed by atoms with Crippen LogP contribution in [0.3, 0.4) is 0 Å². The molecule has 1 aliphatic rings. The van der Waals surface area contributed by atoms with Gasteiger partial charge in [0.05, 0.1) is 5.69 Å². The predicted octanol–water partition coefficient (Wildman–Crippen LogP) is 1.17. The van der Waals surface area contributed by atoms with E-state index in [1.807, 2.05) is 6.92 Å². The summed E-state index contributed by atoms with van der Waals surface area (Å²) >= 11 is 0. The Balaban J connectivity index is 2.08. The van der Waals surface area contributed by atoms with Gasteiger partial charge in [-0.15, -0.1) is 0 Å². The quantitative estimate of drug-likeness (QED) is 0.777. The third kappa shape index (κ3) is 2.39. The SMILES string of the molecule is CC(N)C(Oc1ncccc1N)C1CC1. The van der Waals surface area contributed by atoms with Crippen LogP contribution in [0.5, 0.6) is 5.88 Å². The number of aromatic nitrogens is 1. The topological polar surface area (TPSA) is 74.2 Å². The number of nitrogens with two attached hydrogens (primary N) is 2. The molecule has 0 aliphatic heterocycles. The zero-order valence-corrected chi connectivity index (χ0v) is 8.89. The first-order chi connectivity index (χ1) is 7.18. The van der Waals surface area contributed by atoms with Crippen molar-refractivity contribution in [1.29, 1.82) is 0 Å². The second kappa shape index (κ2) is 4.06. The molecule has 4 N–H and O–H groups in total.